The molecule has 0 unspecified atom stereocenters. The zero-order valence-corrected chi connectivity index (χ0v) is 20.1. The van der Waals surface area contributed by atoms with E-state index in [0.717, 1.165) is 24.0 Å². The van der Waals surface area contributed by atoms with Gasteiger partial charge in [0.25, 0.3) is 5.91 Å². The Labute approximate surface area is 202 Å². The zero-order valence-electron chi connectivity index (χ0n) is 19.3. The minimum atomic E-state index is -4.05. The third-order valence-electron chi connectivity index (χ3n) is 5.32. The lowest BCUT2D eigenvalue weighted by atomic mass is 10.1. The summed E-state index contributed by atoms with van der Waals surface area (Å²) in [6.07, 6.45) is 0.852. The first-order valence-electron chi connectivity index (χ1n) is 10.7. The molecule has 0 spiro atoms. The van der Waals surface area contributed by atoms with E-state index in [9.17, 15) is 26.8 Å². The van der Waals surface area contributed by atoms with E-state index in [-0.39, 0.29) is 23.0 Å². The lowest BCUT2D eigenvalue weighted by molar-refractivity contribution is -0.116. The molecule has 7 nitrogen and oxygen atoms in total. The van der Waals surface area contributed by atoms with Crippen LogP contribution < -0.4 is 14.9 Å². The molecule has 0 aliphatic rings. The predicted molar refractivity (Wildman–Crippen MR) is 131 cm³/mol. The molecular weight excluding hydrogens is 476 g/mol. The van der Waals surface area contributed by atoms with Crippen LogP contribution >= 0.6 is 0 Å². The van der Waals surface area contributed by atoms with Crippen molar-refractivity contribution in [3.63, 3.8) is 0 Å². The number of nitrogens with one attached hydrogen (secondary N) is 2. The molecule has 2 N–H and O–H groups in total. The fourth-order valence-electron chi connectivity index (χ4n) is 3.56. The van der Waals surface area contributed by atoms with Gasteiger partial charge in [0, 0.05) is 6.07 Å². The second kappa shape index (κ2) is 10.6. The molecule has 3 rings (SSSR count). The molecule has 0 radical (unpaired) electrons. The third kappa shape index (κ3) is 6.21. The first-order chi connectivity index (χ1) is 16.5. The average Bonchev–Trinajstić information content (AvgIpc) is 2.81. The van der Waals surface area contributed by atoms with E-state index in [0.29, 0.717) is 10.4 Å². The van der Waals surface area contributed by atoms with Crippen molar-refractivity contribution in [3.8, 4) is 0 Å². The molecule has 0 aromatic heterocycles. The van der Waals surface area contributed by atoms with Crippen LogP contribution in [0.3, 0.4) is 0 Å². The molecule has 0 heterocycles. The maximum Gasteiger partial charge on any atom is 0.253 e. The van der Waals surface area contributed by atoms with Gasteiger partial charge in [0.2, 0.25) is 15.9 Å². The lowest BCUT2D eigenvalue weighted by Crippen LogP contribution is -2.45. The molecule has 3 aromatic carbocycles. The highest BCUT2D eigenvalue weighted by atomic mass is 32.2. The van der Waals surface area contributed by atoms with E-state index in [2.05, 4.69) is 10.6 Å². The van der Waals surface area contributed by atoms with Crippen LogP contribution in [0.15, 0.2) is 72.8 Å². The van der Waals surface area contributed by atoms with Crippen LogP contribution in [0.25, 0.3) is 0 Å². The Morgan fingerprint density at radius 1 is 0.886 bits per heavy atom. The summed E-state index contributed by atoms with van der Waals surface area (Å²) in [4.78, 5) is 26.0. The minimum absolute atomic E-state index is 0.167. The van der Waals surface area contributed by atoms with Crippen molar-refractivity contribution in [3.05, 3.63) is 95.6 Å². The van der Waals surface area contributed by atoms with Crippen LogP contribution in [0.2, 0.25) is 0 Å². The number of amides is 2. The summed E-state index contributed by atoms with van der Waals surface area (Å²) in [6, 6.07) is 16.5. The van der Waals surface area contributed by atoms with Gasteiger partial charge in [0.05, 0.1) is 29.2 Å². The number of rotatable bonds is 8. The number of anilines is 2. The molecule has 10 heteroatoms. The van der Waals surface area contributed by atoms with Crippen molar-refractivity contribution in [2.75, 3.05) is 15.9 Å². The first-order valence-corrected chi connectivity index (χ1v) is 12.5. The molecule has 0 saturated heterocycles. The van der Waals surface area contributed by atoms with Gasteiger partial charge in [0.1, 0.15) is 6.04 Å². The summed E-state index contributed by atoms with van der Waals surface area (Å²) in [7, 11) is -4.05. The molecule has 2 amide bonds. The van der Waals surface area contributed by atoms with Gasteiger partial charge in [-0.05, 0) is 43.7 Å². The van der Waals surface area contributed by atoms with Gasteiger partial charge < -0.3 is 10.6 Å². The summed E-state index contributed by atoms with van der Waals surface area (Å²) >= 11 is 0. The van der Waals surface area contributed by atoms with Crippen molar-refractivity contribution in [2.45, 2.75) is 25.9 Å². The normalized spacial score (nSPS) is 12.9. The number of sulfonamides is 1. The number of nitrogens with zero attached hydrogens (tertiary/aromatic N) is 1. The topological polar surface area (TPSA) is 95.6 Å². The van der Waals surface area contributed by atoms with Crippen LogP contribution in [0.4, 0.5) is 20.2 Å². The van der Waals surface area contributed by atoms with Crippen LogP contribution in [-0.4, -0.2) is 32.5 Å². The standard InChI is InChI=1S/C25H25F2N3O4S/c1-16(18-9-5-4-6-10-18)28-25(32)20-11-7-8-12-23(20)29-24(31)17(2)30(35(3,33)34)19-13-14-21(26)22(27)15-19/h4-17H,1-3H3,(H,28,32)(H,29,31)/t16-,17-/m0/s1. The Hall–Kier alpha value is -3.79. The second-order valence-electron chi connectivity index (χ2n) is 7.97. The Kier molecular flexibility index (Phi) is 7.85. The van der Waals surface area contributed by atoms with Crippen molar-refractivity contribution < 1.29 is 26.8 Å². The monoisotopic (exact) mass is 501 g/mol. The van der Waals surface area contributed by atoms with Crippen molar-refractivity contribution in [1.29, 1.82) is 0 Å². The SMILES string of the molecule is C[C@H](NC(=O)c1ccccc1NC(=O)[C@H](C)N(c1ccc(F)c(F)c1)S(C)(=O)=O)c1ccccc1. The molecule has 0 aliphatic heterocycles. The first kappa shape index (κ1) is 25.8. The van der Waals surface area contributed by atoms with Crippen LogP contribution in [0.5, 0.6) is 0 Å². The highest BCUT2D eigenvalue weighted by Crippen LogP contribution is 2.25. The molecular formula is C25H25F2N3O4S. The van der Waals surface area contributed by atoms with Gasteiger partial charge in [-0.1, -0.05) is 42.5 Å². The fourth-order valence-corrected chi connectivity index (χ4v) is 4.72. The Morgan fingerprint density at radius 3 is 2.14 bits per heavy atom. The second-order valence-corrected chi connectivity index (χ2v) is 9.83. The zero-order chi connectivity index (χ0) is 25.8. The smallest absolute Gasteiger partial charge is 0.253 e. The van der Waals surface area contributed by atoms with E-state index in [4.69, 9.17) is 0 Å². The molecule has 0 aliphatic carbocycles. The van der Waals surface area contributed by atoms with E-state index in [1.165, 1.54) is 19.1 Å². The van der Waals surface area contributed by atoms with E-state index in [1.807, 2.05) is 37.3 Å². The van der Waals surface area contributed by atoms with Gasteiger partial charge in [0.15, 0.2) is 11.6 Å². The average molecular weight is 502 g/mol. The molecule has 0 bridgehead atoms. The Bertz CT molecular complexity index is 1330. The number of carbonyl (C=O) groups excluding carboxylic acids is 2. The molecule has 0 saturated carbocycles. The minimum Gasteiger partial charge on any atom is -0.345 e. The van der Waals surface area contributed by atoms with Gasteiger partial charge in [-0.3, -0.25) is 13.9 Å². The van der Waals surface area contributed by atoms with Gasteiger partial charge in [-0.15, -0.1) is 0 Å². The number of hydrogen-bond acceptors (Lipinski definition) is 4. The molecule has 2 atom stereocenters. The van der Waals surface area contributed by atoms with Crippen LogP contribution in [-0.2, 0) is 14.8 Å². The maximum atomic E-state index is 13.8. The molecule has 35 heavy (non-hydrogen) atoms. The third-order valence-corrected chi connectivity index (χ3v) is 6.56. The fraction of sp³-hybridized carbons (Fsp3) is 0.200. The highest BCUT2D eigenvalue weighted by Gasteiger charge is 2.30. The predicted octanol–water partition coefficient (Wildman–Crippen LogP) is 4.25. The molecule has 184 valence electrons. The quantitative estimate of drug-likeness (QED) is 0.483. The lowest BCUT2D eigenvalue weighted by Gasteiger charge is -2.28. The van der Waals surface area contributed by atoms with E-state index < -0.39 is 39.5 Å². The summed E-state index contributed by atoms with van der Waals surface area (Å²) in [6.45, 7) is 3.13. The highest BCUT2D eigenvalue weighted by molar-refractivity contribution is 7.92. The summed E-state index contributed by atoms with van der Waals surface area (Å²) in [5.74, 6) is -3.61. The van der Waals surface area contributed by atoms with Gasteiger partial charge in [-0.2, -0.15) is 0 Å². The van der Waals surface area contributed by atoms with Gasteiger partial charge in [-0.25, -0.2) is 17.2 Å². The summed E-state index contributed by atoms with van der Waals surface area (Å²) < 4.78 is 52.7. The Morgan fingerprint density at radius 2 is 1.51 bits per heavy atom. The van der Waals surface area contributed by atoms with E-state index >= 15 is 0 Å². The molecule has 0 fully saturated rings. The van der Waals surface area contributed by atoms with Crippen molar-refractivity contribution in [2.24, 2.45) is 0 Å². The largest absolute Gasteiger partial charge is 0.345 e. The number of halogens is 2. The number of para-hydroxylation sites is 1. The van der Waals surface area contributed by atoms with Crippen LogP contribution in [0, 0.1) is 11.6 Å². The number of carbonyl (C=O) groups is 2. The summed E-state index contributed by atoms with van der Waals surface area (Å²) in [5.41, 5.74) is 1.03. The van der Waals surface area contributed by atoms with E-state index in [1.54, 1.807) is 12.1 Å². The number of benzene rings is 3. The van der Waals surface area contributed by atoms with Crippen LogP contribution in [0.1, 0.15) is 35.8 Å². The maximum absolute atomic E-state index is 13.8. The number of hydrogen-bond donors (Lipinski definition) is 2. The van der Waals surface area contributed by atoms with Crippen molar-refractivity contribution >= 4 is 33.2 Å². The Balaban J connectivity index is 1.83. The summed E-state index contributed by atoms with van der Waals surface area (Å²) in [5, 5.41) is 5.44. The van der Waals surface area contributed by atoms with Crippen molar-refractivity contribution in [1.82, 2.24) is 5.32 Å². The van der Waals surface area contributed by atoms with Gasteiger partial charge >= 0.3 is 0 Å². The molecule has 3 aromatic rings.